The van der Waals surface area contributed by atoms with E-state index in [0.29, 0.717) is 18.8 Å². The average molecular weight is 314 g/mol. The second kappa shape index (κ2) is 6.75. The molecule has 1 rings (SSSR count). The van der Waals surface area contributed by atoms with E-state index < -0.39 is 0 Å². The molecule has 0 saturated carbocycles. The largest absolute Gasteiger partial charge is 0.398 e. The summed E-state index contributed by atoms with van der Waals surface area (Å²) in [6, 6.07) is 6.01. The summed E-state index contributed by atoms with van der Waals surface area (Å²) in [6.07, 6.45) is 0. The number of amides is 1. The van der Waals surface area contributed by atoms with Crippen LogP contribution < -0.4 is 11.1 Å². The Labute approximate surface area is 117 Å². The molecule has 0 aromatic heterocycles. The predicted octanol–water partition coefficient (Wildman–Crippen LogP) is 1.99. The molecule has 0 aliphatic carbocycles. The van der Waals surface area contributed by atoms with Gasteiger partial charge in [0.15, 0.2) is 0 Å². The van der Waals surface area contributed by atoms with E-state index >= 15 is 0 Å². The van der Waals surface area contributed by atoms with Crippen molar-refractivity contribution in [3.05, 3.63) is 28.2 Å². The minimum atomic E-state index is 0.0394. The van der Waals surface area contributed by atoms with Gasteiger partial charge in [-0.25, -0.2) is 0 Å². The molecule has 0 aliphatic rings. The maximum Gasteiger partial charge on any atom is 0.234 e. The fraction of sp³-hybridized carbons (Fsp3) is 0.462. The zero-order valence-electron chi connectivity index (χ0n) is 11.0. The molecule has 0 spiro atoms. The van der Waals surface area contributed by atoms with Gasteiger partial charge in [0.05, 0.1) is 6.54 Å². The molecule has 1 amide bonds. The first-order valence-electron chi connectivity index (χ1n) is 5.90. The van der Waals surface area contributed by atoms with Gasteiger partial charge in [-0.2, -0.15) is 0 Å². The molecule has 1 aromatic rings. The number of nitrogens with two attached hydrogens (primary N) is 1. The molecular formula is C13H20BrN3O. The normalized spacial score (nSPS) is 11.0. The van der Waals surface area contributed by atoms with E-state index in [-0.39, 0.29) is 11.9 Å². The van der Waals surface area contributed by atoms with Crippen LogP contribution in [0, 0.1) is 0 Å². The number of halogens is 1. The third-order valence-corrected chi connectivity index (χ3v) is 3.10. The molecule has 0 bridgehead atoms. The van der Waals surface area contributed by atoms with Crippen LogP contribution in [-0.4, -0.2) is 30.4 Å². The van der Waals surface area contributed by atoms with Gasteiger partial charge in [-0.1, -0.05) is 6.07 Å². The highest BCUT2D eigenvalue weighted by Gasteiger charge is 2.08. The van der Waals surface area contributed by atoms with Gasteiger partial charge < -0.3 is 11.1 Å². The third kappa shape index (κ3) is 5.06. The number of nitrogen functional groups attached to an aromatic ring is 1. The van der Waals surface area contributed by atoms with Crippen LogP contribution in [0.15, 0.2) is 22.7 Å². The summed E-state index contributed by atoms with van der Waals surface area (Å²) in [5.74, 6) is 0.0394. The maximum atomic E-state index is 11.6. The van der Waals surface area contributed by atoms with Gasteiger partial charge in [0.2, 0.25) is 5.91 Å². The van der Waals surface area contributed by atoms with Gasteiger partial charge in [-0.3, -0.25) is 9.69 Å². The lowest BCUT2D eigenvalue weighted by atomic mass is 10.2. The van der Waals surface area contributed by atoms with Crippen molar-refractivity contribution < 1.29 is 4.79 Å². The van der Waals surface area contributed by atoms with Crippen LogP contribution >= 0.6 is 15.9 Å². The Hall–Kier alpha value is -1.07. The van der Waals surface area contributed by atoms with Crippen LogP contribution in [0.25, 0.3) is 0 Å². The van der Waals surface area contributed by atoms with Crippen LogP contribution in [0.1, 0.15) is 19.4 Å². The molecular weight excluding hydrogens is 294 g/mol. The number of benzene rings is 1. The van der Waals surface area contributed by atoms with Crippen molar-refractivity contribution in [2.45, 2.75) is 26.4 Å². The minimum Gasteiger partial charge on any atom is -0.398 e. The van der Waals surface area contributed by atoms with Crippen molar-refractivity contribution in [1.29, 1.82) is 0 Å². The highest BCUT2D eigenvalue weighted by atomic mass is 79.9. The first-order chi connectivity index (χ1) is 8.38. The molecule has 0 saturated heterocycles. The highest BCUT2D eigenvalue weighted by Crippen LogP contribution is 2.20. The van der Waals surface area contributed by atoms with Gasteiger partial charge in [-0.15, -0.1) is 0 Å². The molecule has 0 heterocycles. The molecule has 0 radical (unpaired) electrons. The summed E-state index contributed by atoms with van der Waals surface area (Å²) in [5, 5.41) is 2.87. The number of likely N-dealkylation sites (N-methyl/N-ethyl adjacent to an activating group) is 1. The van der Waals surface area contributed by atoms with E-state index in [1.165, 1.54) is 0 Å². The monoisotopic (exact) mass is 313 g/mol. The Bertz CT molecular complexity index is 421. The van der Waals surface area contributed by atoms with Crippen LogP contribution in [-0.2, 0) is 11.3 Å². The lowest BCUT2D eigenvalue weighted by Gasteiger charge is -2.17. The average Bonchev–Trinajstić information content (AvgIpc) is 2.21. The second-order valence-corrected chi connectivity index (χ2v) is 5.60. The number of nitrogens with zero attached hydrogens (tertiary/aromatic N) is 1. The summed E-state index contributed by atoms with van der Waals surface area (Å²) < 4.78 is 0.895. The lowest BCUT2D eigenvalue weighted by Crippen LogP contribution is -2.38. The van der Waals surface area contributed by atoms with Crippen molar-refractivity contribution in [2.75, 3.05) is 19.3 Å². The number of carbonyl (C=O) groups excluding carboxylic acids is 1. The number of anilines is 1. The van der Waals surface area contributed by atoms with Crippen molar-refractivity contribution in [3.63, 3.8) is 0 Å². The fourth-order valence-corrected chi connectivity index (χ4v) is 1.92. The molecule has 3 N–H and O–H groups in total. The van der Waals surface area contributed by atoms with Crippen LogP contribution in [0.4, 0.5) is 5.69 Å². The number of carbonyl (C=O) groups is 1. The van der Waals surface area contributed by atoms with E-state index in [0.717, 1.165) is 10.0 Å². The van der Waals surface area contributed by atoms with E-state index in [1.54, 1.807) is 0 Å². The topological polar surface area (TPSA) is 58.4 Å². The van der Waals surface area contributed by atoms with Crippen molar-refractivity contribution in [1.82, 2.24) is 10.2 Å². The van der Waals surface area contributed by atoms with Gasteiger partial charge in [0.25, 0.3) is 0 Å². The lowest BCUT2D eigenvalue weighted by molar-refractivity contribution is -0.122. The smallest absolute Gasteiger partial charge is 0.234 e. The first-order valence-corrected chi connectivity index (χ1v) is 6.69. The van der Waals surface area contributed by atoms with Crippen LogP contribution in [0.3, 0.4) is 0 Å². The Morgan fingerprint density at radius 2 is 2.17 bits per heavy atom. The second-order valence-electron chi connectivity index (χ2n) is 4.75. The molecule has 5 heteroatoms. The Balaban J connectivity index is 2.51. The molecule has 0 aliphatic heterocycles. The Morgan fingerprint density at radius 1 is 1.50 bits per heavy atom. The zero-order chi connectivity index (χ0) is 13.7. The van der Waals surface area contributed by atoms with E-state index in [4.69, 9.17) is 5.73 Å². The number of nitrogens with one attached hydrogen (secondary N) is 1. The standard InChI is InChI=1S/C13H20BrN3O/c1-9(2)16-13(18)8-17(3)7-10-4-5-11(14)12(15)6-10/h4-6,9H,7-8,15H2,1-3H3,(H,16,18). The first kappa shape index (κ1) is 15.0. The fourth-order valence-electron chi connectivity index (χ4n) is 1.67. The zero-order valence-corrected chi connectivity index (χ0v) is 12.6. The third-order valence-electron chi connectivity index (χ3n) is 2.38. The van der Waals surface area contributed by atoms with Crippen molar-refractivity contribution in [2.24, 2.45) is 0 Å². The molecule has 1 aromatic carbocycles. The Kier molecular flexibility index (Phi) is 5.62. The molecule has 0 atom stereocenters. The van der Waals surface area contributed by atoms with Crippen LogP contribution in [0.5, 0.6) is 0 Å². The Morgan fingerprint density at radius 3 is 2.72 bits per heavy atom. The van der Waals surface area contributed by atoms with Crippen molar-refractivity contribution in [3.8, 4) is 0 Å². The molecule has 4 nitrogen and oxygen atoms in total. The summed E-state index contributed by atoms with van der Waals surface area (Å²) in [4.78, 5) is 13.5. The molecule has 100 valence electrons. The van der Waals surface area contributed by atoms with E-state index in [9.17, 15) is 4.79 Å². The molecule has 18 heavy (non-hydrogen) atoms. The summed E-state index contributed by atoms with van der Waals surface area (Å²) in [6.45, 7) is 4.98. The van der Waals surface area contributed by atoms with Gasteiger partial charge >= 0.3 is 0 Å². The van der Waals surface area contributed by atoms with Gasteiger partial charge in [-0.05, 0) is 54.5 Å². The van der Waals surface area contributed by atoms with Gasteiger partial charge in [0, 0.05) is 22.7 Å². The highest BCUT2D eigenvalue weighted by molar-refractivity contribution is 9.10. The number of rotatable bonds is 5. The number of hydrogen-bond acceptors (Lipinski definition) is 3. The van der Waals surface area contributed by atoms with Crippen molar-refractivity contribution >= 4 is 27.5 Å². The SMILES string of the molecule is CC(C)NC(=O)CN(C)Cc1ccc(Br)c(N)c1. The minimum absolute atomic E-state index is 0.0394. The summed E-state index contributed by atoms with van der Waals surface area (Å²) >= 11 is 3.36. The quantitative estimate of drug-likeness (QED) is 0.817. The molecule has 0 unspecified atom stereocenters. The maximum absolute atomic E-state index is 11.6. The predicted molar refractivity (Wildman–Crippen MR) is 78.2 cm³/mol. The number of hydrogen-bond donors (Lipinski definition) is 2. The summed E-state index contributed by atoms with van der Waals surface area (Å²) in [5.41, 5.74) is 7.63. The van der Waals surface area contributed by atoms with Gasteiger partial charge in [0.1, 0.15) is 0 Å². The molecule has 0 fully saturated rings. The summed E-state index contributed by atoms with van der Waals surface area (Å²) in [7, 11) is 1.91. The van der Waals surface area contributed by atoms with E-state index in [1.807, 2.05) is 44.0 Å². The van der Waals surface area contributed by atoms with E-state index in [2.05, 4.69) is 21.2 Å². The van der Waals surface area contributed by atoms with Crippen LogP contribution in [0.2, 0.25) is 0 Å².